The highest BCUT2D eigenvalue weighted by atomic mass is 32.2. The van der Waals surface area contributed by atoms with Crippen molar-refractivity contribution in [2.45, 2.75) is 24.4 Å². The maximum Gasteiger partial charge on any atom is 0.326 e. The molecule has 8 nitrogen and oxygen atoms in total. The van der Waals surface area contributed by atoms with Crippen LogP contribution < -0.4 is 9.62 Å². The van der Waals surface area contributed by atoms with Gasteiger partial charge in [0.25, 0.3) is 5.92 Å². The zero-order valence-electron chi connectivity index (χ0n) is 18.3. The number of carbonyl (C=O) groups excluding carboxylic acids is 1. The summed E-state index contributed by atoms with van der Waals surface area (Å²) in [6.07, 6.45) is -0.450. The van der Waals surface area contributed by atoms with E-state index in [0.717, 1.165) is 23.1 Å². The molecule has 2 aromatic carbocycles. The molecule has 1 unspecified atom stereocenters. The number of anilines is 1. The molecule has 2 saturated heterocycles. The van der Waals surface area contributed by atoms with Gasteiger partial charge in [0.1, 0.15) is 23.7 Å². The largest absolute Gasteiger partial charge is 0.354 e. The van der Waals surface area contributed by atoms with Crippen LogP contribution in [0.4, 0.5) is 41.3 Å². The SMILES string of the molecule is O=C1N(c2noc3cc(F)c(F)c(-c4c(F)cccc4F)c23)CCC2N1C[C@@H](NS(=O)(=O)CF)C2(F)F. The lowest BCUT2D eigenvalue weighted by Gasteiger charge is -2.37. The minimum absolute atomic E-state index is 0.450. The van der Waals surface area contributed by atoms with Crippen molar-refractivity contribution in [1.29, 1.82) is 0 Å². The average molecular weight is 552 g/mol. The van der Waals surface area contributed by atoms with Crippen LogP contribution in [0.2, 0.25) is 0 Å². The van der Waals surface area contributed by atoms with Crippen molar-refractivity contribution in [3.63, 3.8) is 0 Å². The first-order valence-electron chi connectivity index (χ1n) is 10.6. The normalized spacial score (nSPS) is 21.6. The summed E-state index contributed by atoms with van der Waals surface area (Å²) in [5.41, 5.74) is -2.39. The maximum absolute atomic E-state index is 15.0. The highest BCUT2D eigenvalue weighted by molar-refractivity contribution is 7.89. The van der Waals surface area contributed by atoms with Crippen molar-refractivity contribution < 1.29 is 48.5 Å². The molecule has 2 atom stereocenters. The number of fused-ring (bicyclic) bond motifs is 2. The number of alkyl halides is 3. The van der Waals surface area contributed by atoms with Gasteiger partial charge in [-0.15, -0.1) is 0 Å². The molecule has 3 aromatic rings. The molecule has 0 spiro atoms. The van der Waals surface area contributed by atoms with E-state index in [1.54, 1.807) is 0 Å². The fraction of sp³-hybridized carbons (Fsp3) is 0.333. The van der Waals surface area contributed by atoms with Crippen molar-refractivity contribution in [1.82, 2.24) is 14.8 Å². The third kappa shape index (κ3) is 3.89. The van der Waals surface area contributed by atoms with E-state index in [9.17, 15) is 43.9 Å². The van der Waals surface area contributed by atoms with Crippen LogP contribution in [0.5, 0.6) is 0 Å². The van der Waals surface area contributed by atoms with E-state index in [-0.39, 0.29) is 0 Å². The quantitative estimate of drug-likeness (QED) is 0.485. The Balaban J connectivity index is 1.60. The monoisotopic (exact) mass is 552 g/mol. The second-order valence-corrected chi connectivity index (χ2v) is 10.2. The minimum Gasteiger partial charge on any atom is -0.354 e. The Morgan fingerprint density at radius 3 is 2.43 bits per heavy atom. The predicted molar refractivity (Wildman–Crippen MR) is 114 cm³/mol. The third-order valence-electron chi connectivity index (χ3n) is 6.34. The summed E-state index contributed by atoms with van der Waals surface area (Å²) in [7, 11) is -4.70. The summed E-state index contributed by atoms with van der Waals surface area (Å²) in [5.74, 6) is -10.0. The summed E-state index contributed by atoms with van der Waals surface area (Å²) in [6, 6.07) is -3.87. The highest BCUT2D eigenvalue weighted by Crippen LogP contribution is 2.44. The minimum atomic E-state index is -4.70. The van der Waals surface area contributed by atoms with E-state index in [1.807, 2.05) is 0 Å². The van der Waals surface area contributed by atoms with Gasteiger partial charge in [-0.2, -0.15) is 0 Å². The fourth-order valence-electron chi connectivity index (χ4n) is 4.70. The lowest BCUT2D eigenvalue weighted by Crippen LogP contribution is -2.56. The van der Waals surface area contributed by atoms with Crippen molar-refractivity contribution >= 4 is 32.8 Å². The molecule has 16 heteroatoms. The first kappa shape index (κ1) is 25.3. The van der Waals surface area contributed by atoms with Crippen molar-refractivity contribution in [2.75, 3.05) is 24.0 Å². The van der Waals surface area contributed by atoms with Gasteiger partial charge in [-0.05, 0) is 18.6 Å². The first-order valence-corrected chi connectivity index (χ1v) is 12.3. The molecule has 5 rings (SSSR count). The van der Waals surface area contributed by atoms with Crippen LogP contribution in [0.3, 0.4) is 0 Å². The summed E-state index contributed by atoms with van der Waals surface area (Å²) < 4.78 is 130. The van der Waals surface area contributed by atoms with Gasteiger partial charge in [-0.3, -0.25) is 4.90 Å². The highest BCUT2D eigenvalue weighted by Gasteiger charge is 2.61. The van der Waals surface area contributed by atoms with Gasteiger partial charge >= 0.3 is 6.03 Å². The number of carbonyl (C=O) groups is 1. The Kier molecular flexibility index (Phi) is 5.86. The van der Waals surface area contributed by atoms with Gasteiger partial charge in [0.2, 0.25) is 16.0 Å². The smallest absolute Gasteiger partial charge is 0.326 e. The molecule has 198 valence electrons. The van der Waals surface area contributed by atoms with Gasteiger partial charge in [0.15, 0.2) is 23.0 Å². The number of rotatable bonds is 5. The molecule has 2 aliphatic rings. The molecule has 1 N–H and O–H groups in total. The van der Waals surface area contributed by atoms with E-state index in [2.05, 4.69) is 5.16 Å². The molecule has 0 saturated carbocycles. The molecule has 3 heterocycles. The molecule has 0 bridgehead atoms. The van der Waals surface area contributed by atoms with Gasteiger partial charge in [-0.1, -0.05) is 11.2 Å². The number of hydrogen-bond donors (Lipinski definition) is 1. The van der Waals surface area contributed by atoms with E-state index in [0.29, 0.717) is 11.0 Å². The van der Waals surface area contributed by atoms with Crippen molar-refractivity contribution in [3.05, 3.63) is 47.5 Å². The molecule has 0 aliphatic carbocycles. The first-order chi connectivity index (χ1) is 17.4. The zero-order valence-corrected chi connectivity index (χ0v) is 19.1. The number of aromatic nitrogens is 1. The number of halogens is 7. The summed E-state index contributed by atoms with van der Waals surface area (Å²) in [6.45, 7) is -1.32. The Labute approximate surface area is 203 Å². The van der Waals surface area contributed by atoms with E-state index >= 15 is 0 Å². The molecule has 2 amide bonds. The van der Waals surface area contributed by atoms with Gasteiger partial charge in [0, 0.05) is 24.7 Å². The second kappa shape index (κ2) is 8.58. The van der Waals surface area contributed by atoms with Crippen LogP contribution >= 0.6 is 0 Å². The molecule has 2 aliphatic heterocycles. The lowest BCUT2D eigenvalue weighted by atomic mass is 9.98. The summed E-state index contributed by atoms with van der Waals surface area (Å²) in [4.78, 5) is 14.6. The topological polar surface area (TPSA) is 95.8 Å². The zero-order chi connectivity index (χ0) is 26.9. The third-order valence-corrected chi connectivity index (χ3v) is 7.27. The number of urea groups is 1. The molecule has 0 radical (unpaired) electrons. The van der Waals surface area contributed by atoms with Crippen LogP contribution in [-0.2, 0) is 10.0 Å². The maximum atomic E-state index is 15.0. The lowest BCUT2D eigenvalue weighted by molar-refractivity contribution is -0.0449. The predicted octanol–water partition coefficient (Wildman–Crippen LogP) is 3.92. The van der Waals surface area contributed by atoms with E-state index < -0.39 is 111 Å². The number of amides is 2. The van der Waals surface area contributed by atoms with E-state index in [1.165, 1.54) is 4.72 Å². The van der Waals surface area contributed by atoms with E-state index in [4.69, 9.17) is 4.52 Å². The average Bonchev–Trinajstić information content (AvgIpc) is 3.34. The number of nitrogens with zero attached hydrogens (tertiary/aromatic N) is 3. The number of sulfonamides is 1. The molecule has 37 heavy (non-hydrogen) atoms. The van der Waals surface area contributed by atoms with Crippen LogP contribution in [0.25, 0.3) is 22.1 Å². The van der Waals surface area contributed by atoms with Crippen LogP contribution in [-0.4, -0.2) is 61.6 Å². The van der Waals surface area contributed by atoms with Gasteiger partial charge < -0.3 is 9.42 Å². The molecule has 2 fully saturated rings. The number of hydrogen-bond acceptors (Lipinski definition) is 5. The second-order valence-electron chi connectivity index (χ2n) is 8.48. The fourth-order valence-corrected chi connectivity index (χ4v) is 5.43. The van der Waals surface area contributed by atoms with Gasteiger partial charge in [-0.25, -0.2) is 48.7 Å². The number of benzene rings is 2. The Morgan fingerprint density at radius 1 is 1.11 bits per heavy atom. The Bertz CT molecular complexity index is 1510. The standard InChI is InChI=1S/C21H15F7N4O4S/c22-8-37(34,35)30-13-7-32-14(21(13,27)28)4-5-31(20(32)33)19-16-12(36-29-19)6-11(25)18(26)17(16)15-9(23)2-1-3-10(15)24/h1-3,6,13-14,30H,4-5,7-8H2/t13-,14?/m1/s1. The van der Waals surface area contributed by atoms with Gasteiger partial charge in [0.05, 0.1) is 10.9 Å². The number of nitrogens with one attached hydrogen (secondary N) is 1. The Morgan fingerprint density at radius 2 is 1.78 bits per heavy atom. The molecular formula is C21H15F7N4O4S. The molecule has 1 aromatic heterocycles. The van der Waals surface area contributed by atoms with Crippen molar-refractivity contribution in [3.8, 4) is 11.1 Å². The van der Waals surface area contributed by atoms with Crippen LogP contribution in [0, 0.1) is 23.3 Å². The summed E-state index contributed by atoms with van der Waals surface area (Å²) in [5, 5.41) is 3.13. The molecular weight excluding hydrogens is 537 g/mol. The van der Waals surface area contributed by atoms with Crippen LogP contribution in [0.15, 0.2) is 28.8 Å². The Hall–Kier alpha value is -3.40. The van der Waals surface area contributed by atoms with Crippen LogP contribution in [0.1, 0.15) is 6.42 Å². The summed E-state index contributed by atoms with van der Waals surface area (Å²) >= 11 is 0. The van der Waals surface area contributed by atoms with Crippen molar-refractivity contribution in [2.24, 2.45) is 0 Å².